The highest BCUT2D eigenvalue weighted by molar-refractivity contribution is 5.74. The van der Waals surface area contributed by atoms with Gasteiger partial charge >= 0.3 is 5.97 Å². The van der Waals surface area contributed by atoms with E-state index < -0.39 is 5.97 Å². The van der Waals surface area contributed by atoms with Crippen molar-refractivity contribution in [3.63, 3.8) is 0 Å². The summed E-state index contributed by atoms with van der Waals surface area (Å²) < 4.78 is 0. The number of hydrogen-bond donors (Lipinski definition) is 1. The summed E-state index contributed by atoms with van der Waals surface area (Å²) >= 11 is 0. The number of aliphatic carboxylic acids is 1. The molecule has 0 saturated carbocycles. The first-order chi connectivity index (χ1) is 6.91. The monoisotopic (exact) mass is 214 g/mol. The maximum Gasteiger partial charge on any atom is 0.305 e. The second-order valence-corrected chi connectivity index (χ2v) is 4.21. The van der Waals surface area contributed by atoms with Crippen molar-refractivity contribution in [2.75, 3.05) is 20.1 Å². The van der Waals surface area contributed by atoms with E-state index in [1.54, 1.807) is 4.90 Å². The molecule has 15 heavy (non-hydrogen) atoms. The van der Waals surface area contributed by atoms with Crippen molar-refractivity contribution >= 4 is 11.9 Å². The molecule has 0 aromatic carbocycles. The molecule has 1 saturated heterocycles. The van der Waals surface area contributed by atoms with Crippen LogP contribution in [0.1, 0.15) is 20.3 Å². The fourth-order valence-electron chi connectivity index (χ4n) is 2.07. The molecule has 1 amide bonds. The van der Waals surface area contributed by atoms with Crippen LogP contribution in [0.4, 0.5) is 0 Å². The second-order valence-electron chi connectivity index (χ2n) is 4.21. The second kappa shape index (κ2) is 4.61. The van der Waals surface area contributed by atoms with Crippen molar-refractivity contribution in [1.29, 1.82) is 0 Å². The normalized spacial score (nSPS) is 27.8. The third-order valence-corrected chi connectivity index (χ3v) is 2.93. The Balaban J connectivity index is 2.66. The van der Waals surface area contributed by atoms with E-state index in [0.717, 1.165) is 6.54 Å². The van der Waals surface area contributed by atoms with Crippen LogP contribution in [-0.4, -0.2) is 59.0 Å². The minimum Gasteiger partial charge on any atom is -0.481 e. The van der Waals surface area contributed by atoms with E-state index in [4.69, 9.17) is 5.11 Å². The Morgan fingerprint density at radius 3 is 2.47 bits per heavy atom. The molecular weight excluding hydrogens is 196 g/mol. The van der Waals surface area contributed by atoms with Gasteiger partial charge < -0.3 is 10.0 Å². The van der Waals surface area contributed by atoms with Gasteiger partial charge in [0.05, 0.1) is 6.42 Å². The van der Waals surface area contributed by atoms with Crippen LogP contribution in [0.15, 0.2) is 0 Å². The quantitative estimate of drug-likeness (QED) is 0.703. The Kier molecular flexibility index (Phi) is 3.68. The van der Waals surface area contributed by atoms with Gasteiger partial charge in [-0.3, -0.25) is 14.5 Å². The standard InChI is InChI=1S/C10H18N2O3/c1-7-5-11(3)9(4-10(14)15)6-12(7)8(2)13/h7,9H,4-6H2,1-3H3,(H,14,15)/t7-,9+/m1/s1. The first-order valence-corrected chi connectivity index (χ1v) is 5.11. The molecular formula is C10H18N2O3. The number of carboxylic acids is 1. The Hall–Kier alpha value is -1.10. The number of rotatable bonds is 2. The lowest BCUT2D eigenvalue weighted by atomic mass is 10.1. The van der Waals surface area contributed by atoms with E-state index in [-0.39, 0.29) is 24.4 Å². The highest BCUT2D eigenvalue weighted by Crippen LogP contribution is 2.16. The van der Waals surface area contributed by atoms with Gasteiger partial charge in [0, 0.05) is 32.1 Å². The van der Waals surface area contributed by atoms with Gasteiger partial charge in [-0.15, -0.1) is 0 Å². The van der Waals surface area contributed by atoms with Crippen molar-refractivity contribution in [1.82, 2.24) is 9.80 Å². The molecule has 0 spiro atoms. The molecule has 0 bridgehead atoms. The molecule has 0 radical (unpaired) electrons. The fourth-order valence-corrected chi connectivity index (χ4v) is 2.07. The fraction of sp³-hybridized carbons (Fsp3) is 0.800. The lowest BCUT2D eigenvalue weighted by Crippen LogP contribution is -2.57. The van der Waals surface area contributed by atoms with Gasteiger partial charge in [-0.1, -0.05) is 0 Å². The SMILES string of the molecule is CC(=O)N1C[C@H](CC(=O)O)N(C)C[C@H]1C. The molecule has 1 aliphatic heterocycles. The number of hydrogen-bond acceptors (Lipinski definition) is 3. The van der Waals surface area contributed by atoms with Crippen LogP contribution in [0.25, 0.3) is 0 Å². The molecule has 5 nitrogen and oxygen atoms in total. The molecule has 0 unspecified atom stereocenters. The molecule has 1 rings (SSSR count). The van der Waals surface area contributed by atoms with Crippen molar-refractivity contribution < 1.29 is 14.7 Å². The summed E-state index contributed by atoms with van der Waals surface area (Å²) in [4.78, 5) is 25.7. The van der Waals surface area contributed by atoms with Crippen LogP contribution in [0.2, 0.25) is 0 Å². The predicted molar refractivity (Wildman–Crippen MR) is 55.5 cm³/mol. The molecule has 5 heteroatoms. The van der Waals surface area contributed by atoms with Gasteiger partial charge in [-0.25, -0.2) is 0 Å². The van der Waals surface area contributed by atoms with Gasteiger partial charge in [-0.05, 0) is 14.0 Å². The van der Waals surface area contributed by atoms with Crippen molar-refractivity contribution in [3.8, 4) is 0 Å². The van der Waals surface area contributed by atoms with E-state index >= 15 is 0 Å². The number of piperazine rings is 1. The largest absolute Gasteiger partial charge is 0.481 e. The average molecular weight is 214 g/mol. The topological polar surface area (TPSA) is 60.9 Å². The Bertz CT molecular complexity index is 267. The Morgan fingerprint density at radius 1 is 1.40 bits per heavy atom. The van der Waals surface area contributed by atoms with Crippen LogP contribution in [0.3, 0.4) is 0 Å². The first kappa shape index (κ1) is 12.0. The number of likely N-dealkylation sites (N-methyl/N-ethyl adjacent to an activating group) is 1. The van der Waals surface area contributed by atoms with E-state index in [1.165, 1.54) is 6.92 Å². The summed E-state index contributed by atoms with van der Waals surface area (Å²) in [5.74, 6) is -0.795. The predicted octanol–water partition coefficient (Wildman–Crippen LogP) is 0.0121. The van der Waals surface area contributed by atoms with Gasteiger partial charge in [0.1, 0.15) is 0 Å². The highest BCUT2D eigenvalue weighted by atomic mass is 16.4. The lowest BCUT2D eigenvalue weighted by Gasteiger charge is -2.42. The Morgan fingerprint density at radius 2 is 2.00 bits per heavy atom. The average Bonchev–Trinajstić information content (AvgIpc) is 2.08. The molecule has 86 valence electrons. The molecule has 2 atom stereocenters. The van der Waals surface area contributed by atoms with Gasteiger partial charge in [-0.2, -0.15) is 0 Å². The van der Waals surface area contributed by atoms with Crippen LogP contribution >= 0.6 is 0 Å². The van der Waals surface area contributed by atoms with Gasteiger partial charge in [0.2, 0.25) is 5.91 Å². The minimum absolute atomic E-state index is 0.0194. The summed E-state index contributed by atoms with van der Waals surface area (Å²) in [6, 6.07) is 0.0974. The smallest absolute Gasteiger partial charge is 0.305 e. The molecule has 0 aromatic heterocycles. The number of carboxylic acid groups (broad SMARTS) is 1. The van der Waals surface area contributed by atoms with Crippen LogP contribution < -0.4 is 0 Å². The zero-order chi connectivity index (χ0) is 11.6. The number of carbonyl (C=O) groups excluding carboxylic acids is 1. The zero-order valence-electron chi connectivity index (χ0n) is 9.43. The molecule has 1 fully saturated rings. The van der Waals surface area contributed by atoms with Gasteiger partial charge in [0.25, 0.3) is 0 Å². The highest BCUT2D eigenvalue weighted by Gasteiger charge is 2.31. The van der Waals surface area contributed by atoms with E-state index in [1.807, 2.05) is 18.9 Å². The third kappa shape index (κ3) is 2.92. The van der Waals surface area contributed by atoms with Gasteiger partial charge in [0.15, 0.2) is 0 Å². The zero-order valence-corrected chi connectivity index (χ0v) is 9.43. The summed E-state index contributed by atoms with van der Waals surface area (Å²) in [5, 5.41) is 8.74. The molecule has 0 aromatic rings. The summed E-state index contributed by atoms with van der Waals surface area (Å²) in [7, 11) is 1.90. The Labute approximate surface area is 89.7 Å². The van der Waals surface area contributed by atoms with E-state index in [2.05, 4.69) is 0 Å². The summed E-state index contributed by atoms with van der Waals surface area (Å²) in [5.41, 5.74) is 0. The maximum absolute atomic E-state index is 11.3. The summed E-state index contributed by atoms with van der Waals surface area (Å²) in [6.45, 7) is 4.76. The molecule has 1 N–H and O–H groups in total. The van der Waals surface area contributed by atoms with Crippen molar-refractivity contribution in [2.45, 2.75) is 32.4 Å². The number of carbonyl (C=O) groups is 2. The van der Waals surface area contributed by atoms with Crippen molar-refractivity contribution in [2.24, 2.45) is 0 Å². The lowest BCUT2D eigenvalue weighted by molar-refractivity contribution is -0.142. The van der Waals surface area contributed by atoms with Crippen molar-refractivity contribution in [3.05, 3.63) is 0 Å². The molecule has 1 aliphatic rings. The van der Waals surface area contributed by atoms with E-state index in [9.17, 15) is 9.59 Å². The maximum atomic E-state index is 11.3. The third-order valence-electron chi connectivity index (χ3n) is 2.93. The molecule has 1 heterocycles. The molecule has 0 aliphatic carbocycles. The first-order valence-electron chi connectivity index (χ1n) is 5.11. The summed E-state index contributed by atoms with van der Waals surface area (Å²) in [6.07, 6.45) is 0.0903. The minimum atomic E-state index is -0.815. The number of amides is 1. The van der Waals surface area contributed by atoms with Crippen LogP contribution in [0, 0.1) is 0 Å². The van der Waals surface area contributed by atoms with Crippen LogP contribution in [0.5, 0.6) is 0 Å². The number of nitrogens with zero attached hydrogens (tertiary/aromatic N) is 2. The van der Waals surface area contributed by atoms with Crippen LogP contribution in [-0.2, 0) is 9.59 Å². The van der Waals surface area contributed by atoms with E-state index in [0.29, 0.717) is 6.54 Å².